The van der Waals surface area contributed by atoms with Crippen LogP contribution in [0.15, 0.2) is 52.2 Å². The second-order valence-corrected chi connectivity index (χ2v) is 8.31. The van der Waals surface area contributed by atoms with E-state index in [0.717, 1.165) is 0 Å². The topological polar surface area (TPSA) is 144 Å². The third-order valence-corrected chi connectivity index (χ3v) is 5.86. The summed E-state index contributed by atoms with van der Waals surface area (Å²) < 4.78 is 39.2. The molecule has 2 heterocycles. The molecule has 0 atom stereocenters. The highest BCUT2D eigenvalue weighted by Crippen LogP contribution is 2.40. The molecule has 0 spiro atoms. The van der Waals surface area contributed by atoms with E-state index in [1.54, 1.807) is 30.3 Å². The van der Waals surface area contributed by atoms with Gasteiger partial charge in [-0.15, -0.1) is 0 Å². The smallest absolute Gasteiger partial charge is 0.479 e. The van der Waals surface area contributed by atoms with Crippen molar-refractivity contribution in [3.8, 4) is 0 Å². The fourth-order valence-corrected chi connectivity index (χ4v) is 4.34. The number of nitrogens with zero attached hydrogens (tertiary/aromatic N) is 2. The van der Waals surface area contributed by atoms with Gasteiger partial charge in [0.05, 0.1) is 22.5 Å². The highest BCUT2D eigenvalue weighted by Gasteiger charge is 2.36. The molecule has 0 saturated carbocycles. The predicted octanol–water partition coefficient (Wildman–Crippen LogP) is 3.30. The van der Waals surface area contributed by atoms with Crippen molar-refractivity contribution in [2.75, 3.05) is 13.2 Å². The number of halogens is 2. The number of carbonyl (C=O) groups excluding carboxylic acids is 2. The number of ether oxygens (including phenoxy) is 2. The number of carbonyl (C=O) groups is 4. The van der Waals surface area contributed by atoms with Gasteiger partial charge in [-0.05, 0) is 44.4 Å². The number of esters is 2. The lowest BCUT2D eigenvalue weighted by atomic mass is 9.93. The molecule has 2 N–H and O–H groups in total. The summed E-state index contributed by atoms with van der Waals surface area (Å²) in [4.78, 5) is 51.6. The lowest BCUT2D eigenvalue weighted by Gasteiger charge is -2.16. The summed E-state index contributed by atoms with van der Waals surface area (Å²) in [7, 11) is -3.11. The predicted molar refractivity (Wildman–Crippen MR) is 132 cm³/mol. The molecule has 1 aromatic heterocycles. The van der Waals surface area contributed by atoms with Gasteiger partial charge in [0.1, 0.15) is 0 Å². The summed E-state index contributed by atoms with van der Waals surface area (Å²) in [5, 5.41) is 17.7. The van der Waals surface area contributed by atoms with E-state index in [0.29, 0.717) is 10.0 Å². The average Bonchev–Trinajstić information content (AvgIpc) is 3.28. The van der Waals surface area contributed by atoms with Crippen molar-refractivity contribution >= 4 is 42.6 Å². The van der Waals surface area contributed by atoms with E-state index in [4.69, 9.17) is 19.7 Å². The Labute approximate surface area is 216 Å². The maximum atomic E-state index is 14.5. The maximum absolute atomic E-state index is 14.5. The number of hydrogen-bond acceptors (Lipinski definition) is 7. The quantitative estimate of drug-likeness (QED) is 0.373. The van der Waals surface area contributed by atoms with Gasteiger partial charge in [-0.2, -0.15) is 0 Å². The van der Waals surface area contributed by atoms with Crippen LogP contribution in [0.1, 0.15) is 46.7 Å². The van der Waals surface area contributed by atoms with Crippen LogP contribution in [0.3, 0.4) is 0 Å². The van der Waals surface area contributed by atoms with Crippen LogP contribution in [0, 0.1) is 13.8 Å². The third kappa shape index (κ3) is 5.41. The summed E-state index contributed by atoms with van der Waals surface area (Å²) in [5.41, 5.74) is 0.801. The van der Waals surface area contributed by atoms with Crippen LogP contribution >= 0.6 is 0 Å². The number of carboxylic acids is 2. The maximum Gasteiger partial charge on any atom is 0.677 e. The van der Waals surface area contributed by atoms with Crippen LogP contribution < -0.4 is 0 Å². The summed E-state index contributed by atoms with van der Waals surface area (Å²) in [6, 6.07) is 8.33. The molecule has 13 heteroatoms. The Morgan fingerprint density at radius 2 is 1.47 bits per heavy atom. The first kappa shape index (κ1) is 28.0. The Morgan fingerprint density at radius 3 is 2.00 bits per heavy atom. The summed E-state index contributed by atoms with van der Waals surface area (Å²) in [6.45, 7) is 3.90. The molecule has 0 bridgehead atoms. The van der Waals surface area contributed by atoms with Gasteiger partial charge in [-0.3, -0.25) is 13.6 Å². The normalized spacial score (nSPS) is 14.2. The van der Waals surface area contributed by atoms with Gasteiger partial charge in [0, 0.05) is 17.0 Å². The number of aliphatic imine (C=N–C) groups is 1. The van der Waals surface area contributed by atoms with Crippen LogP contribution in [-0.2, 0) is 23.9 Å². The number of carboxylic acid groups (broad SMARTS) is 2. The number of aliphatic carboxylic acids is 2. The molecule has 38 heavy (non-hydrogen) atoms. The first-order valence-electron chi connectivity index (χ1n) is 11.2. The molecule has 1 aromatic carbocycles. The van der Waals surface area contributed by atoms with E-state index in [1.807, 2.05) is 0 Å². The van der Waals surface area contributed by atoms with Crippen molar-refractivity contribution in [1.82, 2.24) is 4.48 Å². The van der Waals surface area contributed by atoms with Crippen molar-refractivity contribution in [1.29, 1.82) is 0 Å². The molecule has 0 fully saturated rings. The minimum atomic E-state index is -3.11. The van der Waals surface area contributed by atoms with Gasteiger partial charge >= 0.3 is 31.3 Å². The number of hydrogen-bond donors (Lipinski definition) is 2. The lowest BCUT2D eigenvalue weighted by molar-refractivity contribution is -0.152. The largest absolute Gasteiger partial charge is 0.677 e. The Hall–Kier alpha value is -4.55. The van der Waals surface area contributed by atoms with E-state index in [9.17, 15) is 27.8 Å². The monoisotopic (exact) mass is 528 g/mol. The number of benzene rings is 1. The third-order valence-electron chi connectivity index (χ3n) is 5.86. The summed E-state index contributed by atoms with van der Waals surface area (Å²) >= 11 is 0. The van der Waals surface area contributed by atoms with Crippen LogP contribution in [0.5, 0.6) is 0 Å². The SMILES string of the molecule is CC1=N/C(=C(/c2ccccc2)c2c(C)c(C(=O)OCC(=O)O)c(C)n2B(F)F)C(C)=C1C(=O)OCC(=O)O. The van der Waals surface area contributed by atoms with E-state index in [-0.39, 0.29) is 50.6 Å². The Kier molecular flexibility index (Phi) is 8.29. The average molecular weight is 528 g/mol. The van der Waals surface area contributed by atoms with Crippen molar-refractivity contribution in [3.05, 3.63) is 75.3 Å². The highest BCUT2D eigenvalue weighted by molar-refractivity contribution is 6.42. The number of allylic oxidation sites excluding steroid dienone is 1. The zero-order valence-electron chi connectivity index (χ0n) is 20.9. The van der Waals surface area contributed by atoms with Gasteiger partial charge in [0.25, 0.3) is 0 Å². The molecule has 0 aliphatic carbocycles. The molecule has 0 unspecified atom stereocenters. The second-order valence-electron chi connectivity index (χ2n) is 8.31. The van der Waals surface area contributed by atoms with E-state index in [2.05, 4.69) is 4.99 Å². The van der Waals surface area contributed by atoms with E-state index in [1.165, 1.54) is 27.7 Å². The van der Waals surface area contributed by atoms with Crippen LogP contribution in [0.25, 0.3) is 5.57 Å². The van der Waals surface area contributed by atoms with Crippen molar-refractivity contribution in [3.63, 3.8) is 0 Å². The van der Waals surface area contributed by atoms with Crippen LogP contribution in [-0.4, -0.2) is 64.9 Å². The molecule has 0 amide bonds. The second kappa shape index (κ2) is 11.2. The van der Waals surface area contributed by atoms with E-state index >= 15 is 0 Å². The molecule has 0 radical (unpaired) electrons. The molecular formula is C25H23BF2N2O8. The standard InChI is InChI=1S/C25H23BF2N2O8/c1-12-19(24(35)37-10-17(31)32)14(3)29-22(12)21(16-8-6-5-7-9-16)23-13(2)20(15(4)30(23)26(27)28)25(36)38-11-18(33)34/h5-9H,10-11H2,1-4H3,(H,31,32)(H,33,34)/b22-21-. The Balaban J connectivity index is 2.35. The number of aromatic nitrogens is 1. The molecular weight excluding hydrogens is 505 g/mol. The fourth-order valence-electron chi connectivity index (χ4n) is 4.34. The molecule has 10 nitrogen and oxygen atoms in total. The van der Waals surface area contributed by atoms with Crippen molar-refractivity contribution < 1.29 is 47.5 Å². The van der Waals surface area contributed by atoms with Crippen molar-refractivity contribution in [2.24, 2.45) is 4.99 Å². The van der Waals surface area contributed by atoms with E-state index < -0.39 is 44.5 Å². The minimum absolute atomic E-state index is 0.0136. The van der Waals surface area contributed by atoms with Gasteiger partial charge < -0.3 is 24.2 Å². The Morgan fingerprint density at radius 1 is 0.921 bits per heavy atom. The van der Waals surface area contributed by atoms with Gasteiger partial charge in [-0.25, -0.2) is 19.2 Å². The molecule has 198 valence electrons. The van der Waals surface area contributed by atoms with Crippen LogP contribution in [0.4, 0.5) is 8.63 Å². The summed E-state index contributed by atoms with van der Waals surface area (Å²) in [5.74, 6) is -4.79. The van der Waals surface area contributed by atoms with Gasteiger partial charge in [-0.1, -0.05) is 30.3 Å². The fraction of sp³-hybridized carbons (Fsp3) is 0.240. The first-order chi connectivity index (χ1) is 17.9. The lowest BCUT2D eigenvalue weighted by Crippen LogP contribution is -2.19. The van der Waals surface area contributed by atoms with Crippen LogP contribution in [0.2, 0.25) is 0 Å². The Bertz CT molecular complexity index is 1420. The molecule has 1 aliphatic rings. The first-order valence-corrected chi connectivity index (χ1v) is 11.2. The zero-order valence-corrected chi connectivity index (χ0v) is 20.9. The minimum Gasteiger partial charge on any atom is -0.479 e. The molecule has 2 aromatic rings. The van der Waals surface area contributed by atoms with Gasteiger partial charge in [0.2, 0.25) is 0 Å². The highest BCUT2D eigenvalue weighted by atomic mass is 19.2. The molecule has 0 saturated heterocycles. The summed E-state index contributed by atoms with van der Waals surface area (Å²) in [6.07, 6.45) is 0. The zero-order chi connectivity index (χ0) is 28.3. The van der Waals surface area contributed by atoms with Gasteiger partial charge in [0.15, 0.2) is 13.2 Å². The number of rotatable bonds is 9. The molecule has 3 rings (SSSR count). The molecule has 1 aliphatic heterocycles. The van der Waals surface area contributed by atoms with Crippen molar-refractivity contribution in [2.45, 2.75) is 27.7 Å².